The largest absolute Gasteiger partial charge is 0.508 e. The fraction of sp³-hybridized carbons (Fsp3) is 0.296. The summed E-state index contributed by atoms with van der Waals surface area (Å²) in [5.74, 6) is -0.408. The molecule has 8 heteroatoms. The number of phenolic OH excluding ortho intramolecular Hbond substituents is 1. The van der Waals surface area contributed by atoms with Crippen molar-refractivity contribution in [3.8, 4) is 17.6 Å². The third kappa shape index (κ3) is 4.58. The van der Waals surface area contributed by atoms with Gasteiger partial charge in [0.25, 0.3) is 5.91 Å². The standard InChI is InChI=1S/C27H28N4O4/c1-4-35-19-11-7-16(8-12-19)23-20(15-28)25(29)31(21-13-27(2,3)14-22(33)24(21)23)30-26(34)17-5-9-18(32)10-6-17/h5-12,23,32H,4,13-14,29H2,1-3H3,(H,30,34). The number of nitrogens with zero attached hydrogens (tertiary/aromatic N) is 2. The van der Waals surface area contributed by atoms with E-state index in [-0.39, 0.29) is 28.3 Å². The molecule has 2 aromatic rings. The Morgan fingerprint density at radius 1 is 1.20 bits per heavy atom. The number of nitriles is 1. The predicted octanol–water partition coefficient (Wildman–Crippen LogP) is 3.87. The Balaban J connectivity index is 1.81. The number of nitrogens with two attached hydrogens (primary N) is 1. The summed E-state index contributed by atoms with van der Waals surface area (Å²) in [5, 5.41) is 21.0. The Labute approximate surface area is 204 Å². The quantitative estimate of drug-likeness (QED) is 0.602. The number of Topliss-reactive ketones (excluding diaryl/α,β-unsaturated/α-hetero) is 1. The fourth-order valence-electron chi connectivity index (χ4n) is 4.67. The lowest BCUT2D eigenvalue weighted by Gasteiger charge is -2.43. The molecule has 1 aliphatic carbocycles. The van der Waals surface area contributed by atoms with Gasteiger partial charge in [-0.25, -0.2) is 5.01 Å². The van der Waals surface area contributed by atoms with Crippen molar-refractivity contribution in [2.75, 3.05) is 6.61 Å². The van der Waals surface area contributed by atoms with Gasteiger partial charge in [-0.3, -0.25) is 15.0 Å². The zero-order chi connectivity index (χ0) is 25.3. The van der Waals surface area contributed by atoms with Crippen LogP contribution in [0.25, 0.3) is 0 Å². The van der Waals surface area contributed by atoms with E-state index < -0.39 is 11.8 Å². The number of phenols is 1. The van der Waals surface area contributed by atoms with E-state index in [0.29, 0.717) is 42.0 Å². The maximum absolute atomic E-state index is 13.5. The molecular weight excluding hydrogens is 444 g/mol. The maximum Gasteiger partial charge on any atom is 0.270 e. The summed E-state index contributed by atoms with van der Waals surface area (Å²) in [4.78, 5) is 26.5. The SMILES string of the molecule is CCOc1ccc(C2C(C#N)=C(N)N(NC(=O)c3ccc(O)cc3)C3=C2C(=O)CC(C)(C)C3)cc1. The van der Waals surface area contributed by atoms with Crippen molar-refractivity contribution in [1.82, 2.24) is 10.4 Å². The minimum Gasteiger partial charge on any atom is -0.508 e. The smallest absolute Gasteiger partial charge is 0.270 e. The summed E-state index contributed by atoms with van der Waals surface area (Å²) in [5.41, 5.74) is 11.2. The number of ketones is 1. The lowest BCUT2D eigenvalue weighted by atomic mass is 9.69. The van der Waals surface area contributed by atoms with Crippen molar-refractivity contribution >= 4 is 11.7 Å². The number of hydrogen-bond donors (Lipinski definition) is 3. The van der Waals surface area contributed by atoms with Crippen molar-refractivity contribution < 1.29 is 19.4 Å². The first-order chi connectivity index (χ1) is 16.6. The first kappa shape index (κ1) is 23.9. The number of allylic oxidation sites excluding steroid dienone is 3. The molecule has 1 unspecified atom stereocenters. The third-order valence-corrected chi connectivity index (χ3v) is 6.25. The zero-order valence-electron chi connectivity index (χ0n) is 20.0. The summed E-state index contributed by atoms with van der Waals surface area (Å²) in [6, 6.07) is 15.2. The Morgan fingerprint density at radius 3 is 2.46 bits per heavy atom. The highest BCUT2D eigenvalue weighted by atomic mass is 16.5. The van der Waals surface area contributed by atoms with Crippen LogP contribution in [0.1, 0.15) is 55.5 Å². The molecule has 1 atom stereocenters. The molecule has 0 saturated carbocycles. The number of amides is 1. The van der Waals surface area contributed by atoms with Crippen molar-refractivity contribution in [3.05, 3.63) is 82.3 Å². The lowest BCUT2D eigenvalue weighted by Crippen LogP contribution is -2.49. The highest BCUT2D eigenvalue weighted by molar-refractivity contribution is 6.01. The van der Waals surface area contributed by atoms with Crippen molar-refractivity contribution in [2.24, 2.45) is 11.1 Å². The number of ether oxygens (including phenoxy) is 1. The molecule has 0 aromatic heterocycles. The van der Waals surface area contributed by atoms with Crippen LogP contribution in [0.15, 0.2) is 71.2 Å². The molecule has 8 nitrogen and oxygen atoms in total. The number of rotatable bonds is 5. The topological polar surface area (TPSA) is 129 Å². The van der Waals surface area contributed by atoms with E-state index in [9.17, 15) is 20.0 Å². The van der Waals surface area contributed by atoms with Gasteiger partial charge < -0.3 is 15.6 Å². The van der Waals surface area contributed by atoms with Crippen LogP contribution < -0.4 is 15.9 Å². The number of hydrogen-bond acceptors (Lipinski definition) is 7. The Kier molecular flexibility index (Phi) is 6.27. The molecule has 0 bridgehead atoms. The molecule has 35 heavy (non-hydrogen) atoms. The number of benzene rings is 2. The highest BCUT2D eigenvalue weighted by Crippen LogP contribution is 2.48. The molecule has 1 amide bonds. The van der Waals surface area contributed by atoms with Crippen molar-refractivity contribution in [1.29, 1.82) is 5.26 Å². The van der Waals surface area contributed by atoms with Crippen LogP contribution in [0.5, 0.6) is 11.5 Å². The Bertz CT molecular complexity index is 1270. The first-order valence-corrected chi connectivity index (χ1v) is 11.4. The lowest BCUT2D eigenvalue weighted by molar-refractivity contribution is -0.118. The Hall–Kier alpha value is -4.25. The molecule has 0 spiro atoms. The first-order valence-electron chi connectivity index (χ1n) is 11.4. The predicted molar refractivity (Wildman–Crippen MR) is 130 cm³/mol. The molecule has 2 aromatic carbocycles. The number of aromatic hydroxyl groups is 1. The third-order valence-electron chi connectivity index (χ3n) is 6.25. The molecule has 4 N–H and O–H groups in total. The molecule has 1 aliphatic heterocycles. The van der Waals surface area contributed by atoms with Gasteiger partial charge in [-0.05, 0) is 60.7 Å². The number of carbonyl (C=O) groups excluding carboxylic acids is 2. The average molecular weight is 473 g/mol. The van der Waals surface area contributed by atoms with Gasteiger partial charge in [0, 0.05) is 17.6 Å². The summed E-state index contributed by atoms with van der Waals surface area (Å²) >= 11 is 0. The van der Waals surface area contributed by atoms with Crippen molar-refractivity contribution in [2.45, 2.75) is 39.5 Å². The summed E-state index contributed by atoms with van der Waals surface area (Å²) in [7, 11) is 0. The minimum absolute atomic E-state index is 0.0357. The molecule has 180 valence electrons. The number of nitrogens with one attached hydrogen (secondary N) is 1. The second-order valence-corrected chi connectivity index (χ2v) is 9.47. The zero-order valence-corrected chi connectivity index (χ0v) is 20.0. The number of hydrazine groups is 1. The summed E-state index contributed by atoms with van der Waals surface area (Å²) in [6.45, 7) is 6.39. The van der Waals surface area contributed by atoms with Crippen LogP contribution in [0, 0.1) is 16.7 Å². The van der Waals surface area contributed by atoms with Gasteiger partial charge in [0.1, 0.15) is 17.3 Å². The van der Waals surface area contributed by atoms with Crippen LogP contribution >= 0.6 is 0 Å². The molecular formula is C27H28N4O4. The van der Waals surface area contributed by atoms with Crippen molar-refractivity contribution in [3.63, 3.8) is 0 Å². The van der Waals surface area contributed by atoms with Crippen LogP contribution in [0.3, 0.4) is 0 Å². The molecule has 0 saturated heterocycles. The molecule has 0 radical (unpaired) electrons. The Morgan fingerprint density at radius 2 is 1.86 bits per heavy atom. The van der Waals surface area contributed by atoms with Gasteiger partial charge in [0.15, 0.2) is 5.78 Å². The summed E-state index contributed by atoms with van der Waals surface area (Å²) < 4.78 is 5.54. The van der Waals surface area contributed by atoms with E-state index in [1.807, 2.05) is 32.9 Å². The van der Waals surface area contributed by atoms with Gasteiger partial charge in [0.2, 0.25) is 0 Å². The van der Waals surface area contributed by atoms with Crippen LogP contribution in [0.2, 0.25) is 0 Å². The van der Waals surface area contributed by atoms with E-state index in [1.54, 1.807) is 12.1 Å². The monoisotopic (exact) mass is 472 g/mol. The van der Waals surface area contributed by atoms with E-state index in [0.717, 1.165) is 5.56 Å². The molecule has 1 heterocycles. The average Bonchev–Trinajstić information content (AvgIpc) is 2.81. The van der Waals surface area contributed by atoms with Gasteiger partial charge in [-0.15, -0.1) is 0 Å². The molecule has 4 rings (SSSR count). The molecule has 0 fully saturated rings. The van der Waals surface area contributed by atoms with E-state index in [1.165, 1.54) is 29.3 Å². The van der Waals surface area contributed by atoms with Crippen LogP contribution in [-0.2, 0) is 4.79 Å². The van der Waals surface area contributed by atoms with Crippen LogP contribution in [0.4, 0.5) is 0 Å². The van der Waals surface area contributed by atoms with Gasteiger partial charge in [-0.1, -0.05) is 26.0 Å². The maximum atomic E-state index is 13.5. The minimum atomic E-state index is -0.642. The van der Waals surface area contributed by atoms with Gasteiger partial charge >= 0.3 is 0 Å². The van der Waals surface area contributed by atoms with E-state index in [4.69, 9.17) is 10.5 Å². The second-order valence-electron chi connectivity index (χ2n) is 9.47. The van der Waals surface area contributed by atoms with E-state index >= 15 is 0 Å². The highest BCUT2D eigenvalue weighted by Gasteiger charge is 2.44. The summed E-state index contributed by atoms with van der Waals surface area (Å²) in [6.07, 6.45) is 0.800. The fourth-order valence-corrected chi connectivity index (χ4v) is 4.67. The second kappa shape index (κ2) is 9.18. The normalized spacial score (nSPS) is 19.2. The molecule has 2 aliphatic rings. The van der Waals surface area contributed by atoms with Gasteiger partial charge in [-0.2, -0.15) is 5.26 Å². The van der Waals surface area contributed by atoms with Gasteiger partial charge in [0.05, 0.1) is 29.9 Å². The number of carbonyl (C=O) groups is 2. The van der Waals surface area contributed by atoms with E-state index in [2.05, 4.69) is 11.5 Å². The van der Waals surface area contributed by atoms with Crippen LogP contribution in [-0.4, -0.2) is 28.4 Å².